The van der Waals surface area contributed by atoms with E-state index in [4.69, 9.17) is 4.74 Å². The van der Waals surface area contributed by atoms with Crippen LogP contribution in [0.15, 0.2) is 59.5 Å². The van der Waals surface area contributed by atoms with Gasteiger partial charge in [-0.1, -0.05) is 30.3 Å². The summed E-state index contributed by atoms with van der Waals surface area (Å²) in [4.78, 5) is 15.4. The van der Waals surface area contributed by atoms with Crippen LogP contribution in [0.5, 0.6) is 5.75 Å². The van der Waals surface area contributed by atoms with E-state index in [1.807, 2.05) is 34.9 Å². The zero-order valence-corrected chi connectivity index (χ0v) is 16.5. The molecule has 0 unspecified atom stereocenters. The van der Waals surface area contributed by atoms with E-state index in [1.165, 1.54) is 10.5 Å². The monoisotopic (exact) mass is 385 g/mol. The number of likely N-dealkylation sites (tertiary alicyclic amines) is 1. The molecule has 4 nitrogen and oxygen atoms in total. The number of aliphatic hydroxyl groups excluding tert-OH is 1. The van der Waals surface area contributed by atoms with Gasteiger partial charge in [0.05, 0.1) is 13.2 Å². The van der Waals surface area contributed by atoms with E-state index < -0.39 is 0 Å². The number of methoxy groups -OCH3 is 1. The van der Waals surface area contributed by atoms with Crippen LogP contribution in [0.25, 0.3) is 0 Å². The predicted molar refractivity (Wildman–Crippen MR) is 109 cm³/mol. The average molecular weight is 386 g/mol. The summed E-state index contributed by atoms with van der Waals surface area (Å²) in [7, 11) is 1.67. The van der Waals surface area contributed by atoms with Gasteiger partial charge in [0.2, 0.25) is 5.91 Å². The van der Waals surface area contributed by atoms with Crippen molar-refractivity contribution in [1.82, 2.24) is 4.90 Å². The third kappa shape index (κ3) is 5.75. The Morgan fingerprint density at radius 1 is 1.15 bits per heavy atom. The second-order valence-electron chi connectivity index (χ2n) is 6.84. The summed E-state index contributed by atoms with van der Waals surface area (Å²) in [5.74, 6) is 1.01. The molecule has 0 aromatic heterocycles. The van der Waals surface area contributed by atoms with Gasteiger partial charge in [-0.3, -0.25) is 4.79 Å². The zero-order chi connectivity index (χ0) is 19.1. The Labute approximate surface area is 165 Å². The van der Waals surface area contributed by atoms with Crippen molar-refractivity contribution in [2.45, 2.75) is 41.9 Å². The summed E-state index contributed by atoms with van der Waals surface area (Å²) >= 11 is 1.81. The molecule has 0 bridgehead atoms. The van der Waals surface area contributed by atoms with Crippen molar-refractivity contribution >= 4 is 17.7 Å². The minimum Gasteiger partial charge on any atom is -0.497 e. The van der Waals surface area contributed by atoms with Crippen molar-refractivity contribution in [1.29, 1.82) is 0 Å². The number of amides is 1. The van der Waals surface area contributed by atoms with Crippen LogP contribution in [0.4, 0.5) is 0 Å². The van der Waals surface area contributed by atoms with Crippen LogP contribution in [0.1, 0.15) is 36.5 Å². The molecule has 144 valence electrons. The minimum absolute atomic E-state index is 0.160. The molecule has 2 aromatic rings. The van der Waals surface area contributed by atoms with Crippen LogP contribution in [0.3, 0.4) is 0 Å². The average Bonchev–Trinajstić information content (AvgIpc) is 2.87. The van der Waals surface area contributed by atoms with Crippen molar-refractivity contribution in [3.8, 4) is 5.75 Å². The van der Waals surface area contributed by atoms with Gasteiger partial charge in [0, 0.05) is 29.7 Å². The number of rotatable bonds is 7. The lowest BCUT2D eigenvalue weighted by atomic mass is 10.1. The van der Waals surface area contributed by atoms with Crippen LogP contribution in [-0.2, 0) is 4.79 Å². The van der Waals surface area contributed by atoms with E-state index in [2.05, 4.69) is 36.4 Å². The summed E-state index contributed by atoms with van der Waals surface area (Å²) in [5, 5.41) is 10.1. The molecule has 3 rings (SSSR count). The maximum Gasteiger partial charge on any atom is 0.222 e. The van der Waals surface area contributed by atoms with Crippen LogP contribution in [-0.4, -0.2) is 42.2 Å². The molecule has 0 spiro atoms. The number of hydrogen-bond acceptors (Lipinski definition) is 4. The van der Waals surface area contributed by atoms with Crippen molar-refractivity contribution in [2.24, 2.45) is 0 Å². The van der Waals surface area contributed by atoms with E-state index in [0.29, 0.717) is 32.4 Å². The van der Waals surface area contributed by atoms with Gasteiger partial charge in [0.1, 0.15) is 5.75 Å². The maximum atomic E-state index is 12.3. The van der Waals surface area contributed by atoms with E-state index in [1.54, 1.807) is 7.11 Å². The van der Waals surface area contributed by atoms with Gasteiger partial charge in [0.25, 0.3) is 0 Å². The summed E-state index contributed by atoms with van der Waals surface area (Å²) in [6, 6.07) is 18.5. The number of ether oxygens (including phenoxy) is 1. The van der Waals surface area contributed by atoms with Crippen LogP contribution >= 0.6 is 11.8 Å². The first-order valence-electron chi connectivity index (χ1n) is 9.47. The number of aliphatic hydroxyl groups is 1. The van der Waals surface area contributed by atoms with Gasteiger partial charge >= 0.3 is 0 Å². The Hall–Kier alpha value is -1.98. The zero-order valence-electron chi connectivity index (χ0n) is 15.7. The van der Waals surface area contributed by atoms with Crippen molar-refractivity contribution in [3.63, 3.8) is 0 Å². The lowest BCUT2D eigenvalue weighted by molar-refractivity contribution is -0.130. The quantitative estimate of drug-likeness (QED) is 0.722. The van der Waals surface area contributed by atoms with E-state index in [-0.39, 0.29) is 17.3 Å². The molecule has 2 aromatic carbocycles. The van der Waals surface area contributed by atoms with Gasteiger partial charge in [-0.25, -0.2) is 0 Å². The topological polar surface area (TPSA) is 49.8 Å². The predicted octanol–water partition coefficient (Wildman–Crippen LogP) is 4.29. The SMILES string of the molecule is COc1ccc(S[C@@H](CCN2CC[C@H](O)CCC2=O)c2ccccc2)cc1. The van der Waals surface area contributed by atoms with Gasteiger partial charge in [-0.15, -0.1) is 11.8 Å². The molecule has 1 N–H and O–H groups in total. The van der Waals surface area contributed by atoms with Crippen LogP contribution < -0.4 is 4.74 Å². The molecule has 0 radical (unpaired) electrons. The molecule has 2 atom stereocenters. The van der Waals surface area contributed by atoms with Crippen molar-refractivity contribution in [3.05, 3.63) is 60.2 Å². The second-order valence-corrected chi connectivity index (χ2v) is 8.12. The third-order valence-corrected chi connectivity index (χ3v) is 6.28. The second kappa shape index (κ2) is 9.81. The Morgan fingerprint density at radius 2 is 1.89 bits per heavy atom. The van der Waals surface area contributed by atoms with Crippen LogP contribution in [0.2, 0.25) is 0 Å². The molecule has 0 aliphatic carbocycles. The molecule has 1 saturated heterocycles. The number of benzene rings is 2. The van der Waals surface area contributed by atoms with E-state index in [0.717, 1.165) is 12.2 Å². The molecular weight excluding hydrogens is 358 g/mol. The molecule has 5 heteroatoms. The molecule has 1 aliphatic rings. The van der Waals surface area contributed by atoms with Gasteiger partial charge in [-0.2, -0.15) is 0 Å². The first-order chi connectivity index (χ1) is 13.2. The molecule has 1 fully saturated rings. The van der Waals surface area contributed by atoms with Crippen molar-refractivity contribution in [2.75, 3.05) is 20.2 Å². The lowest BCUT2D eigenvalue weighted by Crippen LogP contribution is -2.32. The summed E-state index contributed by atoms with van der Waals surface area (Å²) in [5.41, 5.74) is 1.26. The van der Waals surface area contributed by atoms with Crippen LogP contribution in [0, 0.1) is 0 Å². The fourth-order valence-electron chi connectivity index (χ4n) is 3.31. The highest BCUT2D eigenvalue weighted by molar-refractivity contribution is 7.99. The fourth-order valence-corrected chi connectivity index (χ4v) is 4.45. The highest BCUT2D eigenvalue weighted by atomic mass is 32.2. The number of thioether (sulfide) groups is 1. The maximum absolute atomic E-state index is 12.3. The highest BCUT2D eigenvalue weighted by Gasteiger charge is 2.22. The first kappa shape index (κ1) is 19.8. The smallest absolute Gasteiger partial charge is 0.222 e. The third-order valence-electron chi connectivity index (χ3n) is 4.95. The van der Waals surface area contributed by atoms with Gasteiger partial charge in [0.15, 0.2) is 0 Å². The highest BCUT2D eigenvalue weighted by Crippen LogP contribution is 2.38. The van der Waals surface area contributed by atoms with Crippen molar-refractivity contribution < 1.29 is 14.6 Å². The first-order valence-corrected chi connectivity index (χ1v) is 10.3. The summed E-state index contributed by atoms with van der Waals surface area (Å²) in [6.45, 7) is 1.36. The molecular formula is C22H27NO3S. The van der Waals surface area contributed by atoms with Gasteiger partial charge in [-0.05, 0) is 49.1 Å². The minimum atomic E-state index is -0.349. The Bertz CT molecular complexity index is 720. The Morgan fingerprint density at radius 3 is 2.59 bits per heavy atom. The van der Waals surface area contributed by atoms with Gasteiger partial charge < -0.3 is 14.7 Å². The molecule has 0 saturated carbocycles. The molecule has 1 heterocycles. The number of carbonyl (C=O) groups excluding carboxylic acids is 1. The summed E-state index contributed by atoms with van der Waals surface area (Å²) < 4.78 is 5.24. The molecule has 27 heavy (non-hydrogen) atoms. The largest absolute Gasteiger partial charge is 0.497 e. The Balaban J connectivity index is 1.69. The molecule has 1 aliphatic heterocycles. The summed E-state index contributed by atoms with van der Waals surface area (Å²) in [6.07, 6.45) is 2.23. The Kier molecular flexibility index (Phi) is 7.18. The number of hydrogen-bond donors (Lipinski definition) is 1. The van der Waals surface area contributed by atoms with E-state index >= 15 is 0 Å². The molecule has 1 amide bonds. The number of carbonyl (C=O) groups is 1. The number of nitrogens with zero attached hydrogens (tertiary/aromatic N) is 1. The fraction of sp³-hybridized carbons (Fsp3) is 0.409. The standard InChI is InChI=1S/C22H27NO3S/c1-26-19-8-10-20(11-9-19)27-21(17-5-3-2-4-6-17)14-16-23-15-13-18(24)7-12-22(23)25/h2-6,8-11,18,21,24H,7,12-16H2,1H3/t18-,21+/m1/s1. The lowest BCUT2D eigenvalue weighted by Gasteiger charge is -2.24. The normalized spacial score (nSPS) is 18.8. The van der Waals surface area contributed by atoms with E-state index in [9.17, 15) is 9.90 Å².